The van der Waals surface area contributed by atoms with E-state index in [4.69, 9.17) is 11.6 Å². The zero-order valence-electron chi connectivity index (χ0n) is 17.1. The predicted molar refractivity (Wildman–Crippen MR) is 122 cm³/mol. The van der Waals surface area contributed by atoms with Crippen molar-refractivity contribution >= 4 is 35.2 Å². The van der Waals surface area contributed by atoms with E-state index in [0.29, 0.717) is 25.3 Å². The molecule has 2 unspecified atom stereocenters. The Labute approximate surface area is 190 Å². The van der Waals surface area contributed by atoms with Crippen molar-refractivity contribution in [2.75, 3.05) is 31.9 Å². The van der Waals surface area contributed by atoms with Crippen LogP contribution in [0.2, 0.25) is 5.02 Å². The SMILES string of the molecule is O=C1NC(C(=O)N2CCN(Cc3ccc(Cl)cc3)CC2)CSC1Cc1ccc(F)cc1. The lowest BCUT2D eigenvalue weighted by molar-refractivity contribution is -0.137. The van der Waals surface area contributed by atoms with Gasteiger partial charge in [-0.2, -0.15) is 0 Å². The maximum Gasteiger partial charge on any atom is 0.246 e. The van der Waals surface area contributed by atoms with E-state index in [-0.39, 0.29) is 22.9 Å². The number of hydrogen-bond acceptors (Lipinski definition) is 4. The third-order valence-corrected chi connectivity index (χ3v) is 7.27. The van der Waals surface area contributed by atoms with Crippen LogP contribution in [0, 0.1) is 5.82 Å². The first-order chi connectivity index (χ1) is 15.0. The van der Waals surface area contributed by atoms with Crippen molar-refractivity contribution in [2.45, 2.75) is 24.3 Å². The number of nitrogens with one attached hydrogen (secondary N) is 1. The van der Waals surface area contributed by atoms with Crippen LogP contribution >= 0.6 is 23.4 Å². The molecule has 2 atom stereocenters. The van der Waals surface area contributed by atoms with E-state index in [9.17, 15) is 14.0 Å². The first-order valence-corrected chi connectivity index (χ1v) is 11.8. The van der Waals surface area contributed by atoms with Gasteiger partial charge in [-0.1, -0.05) is 35.9 Å². The van der Waals surface area contributed by atoms with Gasteiger partial charge in [-0.25, -0.2) is 4.39 Å². The highest BCUT2D eigenvalue weighted by Gasteiger charge is 2.35. The van der Waals surface area contributed by atoms with E-state index >= 15 is 0 Å². The number of thioether (sulfide) groups is 1. The molecule has 0 saturated carbocycles. The first kappa shape index (κ1) is 22.1. The minimum Gasteiger partial charge on any atom is -0.343 e. The minimum atomic E-state index is -0.482. The Bertz CT molecular complexity index is 917. The van der Waals surface area contributed by atoms with Crippen molar-refractivity contribution in [1.29, 1.82) is 0 Å². The molecule has 2 amide bonds. The van der Waals surface area contributed by atoms with Crippen LogP contribution in [0.15, 0.2) is 48.5 Å². The quantitative estimate of drug-likeness (QED) is 0.743. The summed E-state index contributed by atoms with van der Waals surface area (Å²) in [7, 11) is 0. The number of piperazine rings is 1. The number of halogens is 2. The summed E-state index contributed by atoms with van der Waals surface area (Å²) in [6.07, 6.45) is 0.529. The normalized spacial score (nSPS) is 22.3. The van der Waals surface area contributed by atoms with Gasteiger partial charge in [0.1, 0.15) is 11.9 Å². The fraction of sp³-hybridized carbons (Fsp3) is 0.391. The fourth-order valence-electron chi connectivity index (χ4n) is 3.91. The molecule has 2 saturated heterocycles. The summed E-state index contributed by atoms with van der Waals surface area (Å²) < 4.78 is 13.1. The van der Waals surface area contributed by atoms with E-state index in [0.717, 1.165) is 30.2 Å². The molecule has 8 heteroatoms. The summed E-state index contributed by atoms with van der Waals surface area (Å²) >= 11 is 7.44. The van der Waals surface area contributed by atoms with E-state index < -0.39 is 6.04 Å². The number of nitrogens with zero attached hydrogens (tertiary/aromatic N) is 2. The van der Waals surface area contributed by atoms with Crippen molar-refractivity contribution in [3.8, 4) is 0 Å². The fourth-order valence-corrected chi connectivity index (χ4v) is 5.21. The highest BCUT2D eigenvalue weighted by Crippen LogP contribution is 2.23. The molecule has 0 bridgehead atoms. The summed E-state index contributed by atoms with van der Waals surface area (Å²) in [5, 5.41) is 3.37. The summed E-state index contributed by atoms with van der Waals surface area (Å²) in [6, 6.07) is 13.6. The number of carbonyl (C=O) groups is 2. The summed E-state index contributed by atoms with van der Waals surface area (Å²) in [5.41, 5.74) is 2.11. The maximum absolute atomic E-state index is 13.1. The molecule has 0 aromatic heterocycles. The van der Waals surface area contributed by atoms with Crippen LogP contribution in [-0.4, -0.2) is 64.8 Å². The molecule has 1 N–H and O–H groups in total. The second-order valence-electron chi connectivity index (χ2n) is 7.94. The van der Waals surface area contributed by atoms with Gasteiger partial charge in [0.15, 0.2) is 0 Å². The molecular formula is C23H25ClFN3O2S. The third kappa shape index (κ3) is 5.79. The summed E-state index contributed by atoms with van der Waals surface area (Å²) in [6.45, 7) is 3.75. The number of amides is 2. The molecule has 164 valence electrons. The van der Waals surface area contributed by atoms with E-state index in [1.54, 1.807) is 12.1 Å². The zero-order valence-corrected chi connectivity index (χ0v) is 18.7. The molecule has 31 heavy (non-hydrogen) atoms. The third-order valence-electron chi connectivity index (χ3n) is 5.71. The van der Waals surface area contributed by atoms with Gasteiger partial charge in [-0.15, -0.1) is 11.8 Å². The van der Waals surface area contributed by atoms with Gasteiger partial charge in [0.25, 0.3) is 0 Å². The summed E-state index contributed by atoms with van der Waals surface area (Å²) in [4.78, 5) is 29.6. The molecule has 2 aliphatic rings. The highest BCUT2D eigenvalue weighted by atomic mass is 35.5. The topological polar surface area (TPSA) is 52.7 Å². The predicted octanol–water partition coefficient (Wildman–Crippen LogP) is 2.97. The lowest BCUT2D eigenvalue weighted by atomic mass is 10.1. The number of hydrogen-bond donors (Lipinski definition) is 1. The average Bonchev–Trinajstić information content (AvgIpc) is 2.78. The second-order valence-corrected chi connectivity index (χ2v) is 9.61. The molecule has 2 aliphatic heterocycles. The van der Waals surface area contributed by atoms with Crippen molar-refractivity contribution in [1.82, 2.24) is 15.1 Å². The smallest absolute Gasteiger partial charge is 0.246 e. The van der Waals surface area contributed by atoms with Crippen LogP contribution < -0.4 is 5.32 Å². The molecule has 4 rings (SSSR count). The maximum atomic E-state index is 13.1. The molecule has 0 spiro atoms. The van der Waals surface area contributed by atoms with Crippen LogP contribution in [0.4, 0.5) is 4.39 Å². The van der Waals surface area contributed by atoms with Crippen LogP contribution in [0.5, 0.6) is 0 Å². The molecule has 2 fully saturated rings. The average molecular weight is 462 g/mol. The Balaban J connectivity index is 1.24. The van der Waals surface area contributed by atoms with Crippen LogP contribution in [0.25, 0.3) is 0 Å². The largest absolute Gasteiger partial charge is 0.343 e. The van der Waals surface area contributed by atoms with Crippen LogP contribution in [0.3, 0.4) is 0 Å². The lowest BCUT2D eigenvalue weighted by Gasteiger charge is -2.38. The van der Waals surface area contributed by atoms with Crippen molar-refractivity contribution in [3.63, 3.8) is 0 Å². The van der Waals surface area contributed by atoms with E-state index in [1.807, 2.05) is 29.2 Å². The van der Waals surface area contributed by atoms with E-state index in [2.05, 4.69) is 10.2 Å². The Morgan fingerprint density at radius 1 is 1.03 bits per heavy atom. The summed E-state index contributed by atoms with van der Waals surface area (Å²) in [5.74, 6) is 0.137. The van der Waals surface area contributed by atoms with Gasteiger partial charge in [0.2, 0.25) is 11.8 Å². The van der Waals surface area contributed by atoms with Gasteiger partial charge >= 0.3 is 0 Å². The minimum absolute atomic E-state index is 0.00720. The number of benzene rings is 2. The van der Waals surface area contributed by atoms with Crippen LogP contribution in [0.1, 0.15) is 11.1 Å². The highest BCUT2D eigenvalue weighted by molar-refractivity contribution is 8.00. The standard InChI is InChI=1S/C23H25ClFN3O2S/c24-18-5-1-17(2-6-18)14-27-9-11-28(12-10-27)23(30)20-15-31-21(22(29)26-20)13-16-3-7-19(25)8-4-16/h1-8,20-21H,9-15H2,(H,26,29). The molecule has 0 radical (unpaired) electrons. The van der Waals surface area contributed by atoms with Gasteiger partial charge < -0.3 is 10.2 Å². The van der Waals surface area contributed by atoms with Gasteiger partial charge in [0, 0.05) is 43.5 Å². The second kappa shape index (κ2) is 10.0. The molecule has 2 heterocycles. The Hall–Kier alpha value is -2.09. The molecule has 2 aromatic carbocycles. The van der Waals surface area contributed by atoms with Crippen molar-refractivity contribution in [3.05, 3.63) is 70.5 Å². The lowest BCUT2D eigenvalue weighted by Crippen LogP contribution is -2.58. The molecular weight excluding hydrogens is 437 g/mol. The van der Waals surface area contributed by atoms with E-state index in [1.165, 1.54) is 29.5 Å². The monoisotopic (exact) mass is 461 g/mol. The molecule has 2 aromatic rings. The van der Waals surface area contributed by atoms with Gasteiger partial charge in [-0.3, -0.25) is 14.5 Å². The Morgan fingerprint density at radius 2 is 1.68 bits per heavy atom. The Kier molecular flexibility index (Phi) is 7.15. The molecule has 0 aliphatic carbocycles. The van der Waals surface area contributed by atoms with Crippen LogP contribution in [-0.2, 0) is 22.6 Å². The van der Waals surface area contributed by atoms with Crippen molar-refractivity contribution in [2.24, 2.45) is 0 Å². The van der Waals surface area contributed by atoms with Gasteiger partial charge in [-0.05, 0) is 41.8 Å². The number of rotatable bonds is 5. The Morgan fingerprint density at radius 3 is 2.32 bits per heavy atom. The zero-order chi connectivity index (χ0) is 21.8. The number of carbonyl (C=O) groups excluding carboxylic acids is 2. The van der Waals surface area contributed by atoms with Gasteiger partial charge in [0.05, 0.1) is 5.25 Å². The first-order valence-electron chi connectivity index (χ1n) is 10.4. The molecule has 5 nitrogen and oxygen atoms in total. The van der Waals surface area contributed by atoms with Crippen molar-refractivity contribution < 1.29 is 14.0 Å².